The van der Waals surface area contributed by atoms with Crippen LogP contribution in [-0.4, -0.2) is 5.97 Å². The molecule has 0 aliphatic carbocycles. The van der Waals surface area contributed by atoms with Gasteiger partial charge in [0.05, 0.1) is 0 Å². The predicted molar refractivity (Wildman–Crippen MR) is 39.4 cm³/mol. The minimum Gasteiger partial charge on any atom is -0.444 e. The summed E-state index contributed by atoms with van der Waals surface area (Å²) in [6.07, 6.45) is 3.37. The van der Waals surface area contributed by atoms with Gasteiger partial charge in [-0.3, -0.25) is 4.79 Å². The second-order valence-corrected chi connectivity index (χ2v) is 2.08. The summed E-state index contributed by atoms with van der Waals surface area (Å²) in [7, 11) is 0.118. The zero-order valence-electron chi connectivity index (χ0n) is 5.26. The van der Waals surface area contributed by atoms with Gasteiger partial charge >= 0.3 is 5.97 Å². The van der Waals surface area contributed by atoms with Gasteiger partial charge in [-0.15, -0.1) is 0 Å². The Morgan fingerprint density at radius 1 is 1.78 bits per heavy atom. The summed E-state index contributed by atoms with van der Waals surface area (Å²) >= 11 is 0. The van der Waals surface area contributed by atoms with Gasteiger partial charge in [0.1, 0.15) is 8.81 Å². The van der Waals surface area contributed by atoms with Gasteiger partial charge in [0.25, 0.3) is 0 Å². The van der Waals surface area contributed by atoms with E-state index in [9.17, 15) is 4.79 Å². The lowest BCUT2D eigenvalue weighted by atomic mass is 10.6. The van der Waals surface area contributed by atoms with Crippen molar-refractivity contribution >= 4 is 14.8 Å². The molecule has 0 bridgehead atoms. The van der Waals surface area contributed by atoms with Gasteiger partial charge in [-0.2, -0.15) is 0 Å². The van der Waals surface area contributed by atoms with Crippen LogP contribution < -0.4 is 0 Å². The summed E-state index contributed by atoms with van der Waals surface area (Å²) in [5.74, 6) is 1.50. The van der Waals surface area contributed by atoms with Crippen molar-refractivity contribution in [3.63, 3.8) is 0 Å². The highest BCUT2D eigenvalue weighted by Gasteiger charge is 1.84. The third-order valence-electron chi connectivity index (χ3n) is 0.503. The summed E-state index contributed by atoms with van der Waals surface area (Å²) in [5, 5.41) is 0. The molecule has 0 aromatic carbocycles. The van der Waals surface area contributed by atoms with Crippen molar-refractivity contribution < 1.29 is 9.32 Å². The van der Waals surface area contributed by atoms with E-state index in [1.54, 1.807) is 18.0 Å². The van der Waals surface area contributed by atoms with E-state index in [1.165, 1.54) is 6.92 Å². The number of hydrogen-bond donors (Lipinski definition) is 0. The predicted octanol–water partition coefficient (Wildman–Crippen LogP) is 1.84. The van der Waals surface area contributed by atoms with Crippen molar-refractivity contribution in [1.29, 1.82) is 0 Å². The molecule has 9 heavy (non-hydrogen) atoms. The SMILES string of the molecule is C=C/C=C/POC(C)=O. The summed E-state index contributed by atoms with van der Waals surface area (Å²) in [5.41, 5.74) is 0. The maximum absolute atomic E-state index is 10.1. The van der Waals surface area contributed by atoms with Crippen LogP contribution in [0.4, 0.5) is 0 Å². The maximum Gasteiger partial charge on any atom is 0.305 e. The lowest BCUT2D eigenvalue weighted by Gasteiger charge is -1.91. The van der Waals surface area contributed by atoms with Crippen LogP contribution in [0.15, 0.2) is 24.5 Å². The Labute approximate surface area is 56.5 Å². The van der Waals surface area contributed by atoms with Gasteiger partial charge in [0, 0.05) is 6.92 Å². The fourth-order valence-electron chi connectivity index (χ4n) is 0.224. The van der Waals surface area contributed by atoms with Crippen LogP contribution in [0.25, 0.3) is 0 Å². The van der Waals surface area contributed by atoms with Crippen molar-refractivity contribution in [3.05, 3.63) is 24.5 Å². The molecule has 0 heterocycles. The van der Waals surface area contributed by atoms with Crippen LogP contribution in [0, 0.1) is 0 Å². The van der Waals surface area contributed by atoms with Crippen molar-refractivity contribution in [3.8, 4) is 0 Å². The summed E-state index contributed by atoms with van der Waals surface area (Å²) in [6, 6.07) is 0. The number of hydrogen-bond acceptors (Lipinski definition) is 2. The fourth-order valence-corrected chi connectivity index (χ4v) is 0.673. The molecule has 0 rings (SSSR count). The number of carbonyl (C=O) groups is 1. The van der Waals surface area contributed by atoms with Crippen LogP contribution >= 0.6 is 8.81 Å². The molecule has 1 atom stereocenters. The standard InChI is InChI=1S/C6H9O2P/c1-3-4-5-9-8-6(2)7/h3-5,9H,1H2,2H3/b5-4+. The number of rotatable bonds is 3. The number of allylic oxidation sites excluding steroid dienone is 2. The molecule has 2 nitrogen and oxygen atoms in total. The Kier molecular flexibility index (Phi) is 5.14. The Morgan fingerprint density at radius 3 is 2.89 bits per heavy atom. The second kappa shape index (κ2) is 5.52. The summed E-state index contributed by atoms with van der Waals surface area (Å²) < 4.78 is 4.60. The normalized spacial score (nSPS) is 10.8. The van der Waals surface area contributed by atoms with Crippen molar-refractivity contribution in [2.24, 2.45) is 0 Å². The maximum atomic E-state index is 10.1. The topological polar surface area (TPSA) is 26.3 Å². The lowest BCUT2D eigenvalue weighted by molar-refractivity contribution is -0.130. The molecule has 0 N–H and O–H groups in total. The highest BCUT2D eigenvalue weighted by atomic mass is 31.1. The third-order valence-corrected chi connectivity index (χ3v) is 1.24. The molecular weight excluding hydrogens is 135 g/mol. The minimum atomic E-state index is -0.248. The zero-order valence-corrected chi connectivity index (χ0v) is 6.26. The molecule has 0 saturated heterocycles. The molecule has 50 valence electrons. The average molecular weight is 144 g/mol. The fraction of sp³-hybridized carbons (Fsp3) is 0.167. The Bertz CT molecular complexity index is 129. The van der Waals surface area contributed by atoms with Crippen LogP contribution in [0.1, 0.15) is 6.92 Å². The molecule has 0 aromatic rings. The first-order valence-electron chi connectivity index (χ1n) is 2.48. The molecule has 1 unspecified atom stereocenters. The molecule has 0 fully saturated rings. The van der Waals surface area contributed by atoms with E-state index in [0.29, 0.717) is 0 Å². The highest BCUT2D eigenvalue weighted by molar-refractivity contribution is 7.36. The summed E-state index contributed by atoms with van der Waals surface area (Å²) in [4.78, 5) is 10.1. The van der Waals surface area contributed by atoms with Crippen LogP contribution in [0.3, 0.4) is 0 Å². The minimum absolute atomic E-state index is 0.118. The van der Waals surface area contributed by atoms with E-state index in [2.05, 4.69) is 11.1 Å². The molecule has 0 aliphatic heterocycles. The zero-order chi connectivity index (χ0) is 7.11. The highest BCUT2D eigenvalue weighted by Crippen LogP contribution is 2.12. The van der Waals surface area contributed by atoms with Crippen molar-refractivity contribution in [1.82, 2.24) is 0 Å². The Balaban J connectivity index is 3.19. The van der Waals surface area contributed by atoms with Gasteiger partial charge in [-0.25, -0.2) is 0 Å². The monoisotopic (exact) mass is 144 g/mol. The summed E-state index contributed by atoms with van der Waals surface area (Å²) in [6.45, 7) is 4.84. The van der Waals surface area contributed by atoms with E-state index in [-0.39, 0.29) is 14.8 Å². The molecule has 0 spiro atoms. The van der Waals surface area contributed by atoms with Crippen LogP contribution in [-0.2, 0) is 9.32 Å². The van der Waals surface area contributed by atoms with E-state index < -0.39 is 0 Å². The van der Waals surface area contributed by atoms with Gasteiger partial charge in [0.15, 0.2) is 0 Å². The van der Waals surface area contributed by atoms with E-state index >= 15 is 0 Å². The van der Waals surface area contributed by atoms with Crippen LogP contribution in [0.2, 0.25) is 0 Å². The molecule has 0 saturated carbocycles. The molecule has 0 aliphatic rings. The molecule has 0 radical (unpaired) electrons. The Morgan fingerprint density at radius 2 is 2.44 bits per heavy atom. The average Bonchev–Trinajstić information content (AvgIpc) is 1.80. The van der Waals surface area contributed by atoms with Crippen molar-refractivity contribution in [2.75, 3.05) is 0 Å². The Hall–Kier alpha value is -0.620. The van der Waals surface area contributed by atoms with Gasteiger partial charge in [0.2, 0.25) is 0 Å². The molecular formula is C6H9O2P. The van der Waals surface area contributed by atoms with Crippen molar-refractivity contribution in [2.45, 2.75) is 6.92 Å². The first-order valence-corrected chi connectivity index (χ1v) is 3.46. The van der Waals surface area contributed by atoms with Gasteiger partial charge in [-0.1, -0.05) is 18.7 Å². The first-order chi connectivity index (χ1) is 4.27. The van der Waals surface area contributed by atoms with Gasteiger partial charge in [-0.05, 0) is 5.82 Å². The third kappa shape index (κ3) is 7.38. The van der Waals surface area contributed by atoms with Crippen LogP contribution in [0.5, 0.6) is 0 Å². The first kappa shape index (κ1) is 8.38. The molecule has 3 heteroatoms. The molecule has 0 amide bonds. The molecule has 0 aromatic heterocycles. The largest absolute Gasteiger partial charge is 0.444 e. The van der Waals surface area contributed by atoms with E-state index in [4.69, 9.17) is 0 Å². The number of carbonyl (C=O) groups excluding carboxylic acids is 1. The smallest absolute Gasteiger partial charge is 0.305 e. The lowest BCUT2D eigenvalue weighted by Crippen LogP contribution is -1.84. The quantitative estimate of drug-likeness (QED) is 0.446. The van der Waals surface area contributed by atoms with Gasteiger partial charge < -0.3 is 4.52 Å². The second-order valence-electron chi connectivity index (χ2n) is 1.31. The van der Waals surface area contributed by atoms with E-state index in [0.717, 1.165) is 0 Å². The van der Waals surface area contributed by atoms with E-state index in [1.807, 2.05) is 0 Å².